The quantitative estimate of drug-likeness (QED) is 0.680. The van der Waals surface area contributed by atoms with Crippen LogP contribution in [0.5, 0.6) is 0 Å². The number of amides is 1. The van der Waals surface area contributed by atoms with E-state index in [1.54, 1.807) is 0 Å². The fraction of sp³-hybridized carbons (Fsp3) is 0.600. The summed E-state index contributed by atoms with van der Waals surface area (Å²) in [6.07, 6.45) is 0. The zero-order valence-electron chi connectivity index (χ0n) is 8.98. The van der Waals surface area contributed by atoms with E-state index in [2.05, 4.69) is 22.2 Å². The third-order valence-electron chi connectivity index (χ3n) is 1.88. The number of nitrogens with zero attached hydrogens (tertiary/aromatic N) is 1. The standard InChI is InChI=1S/C10H17N3O/c1-7-5-11-8(13-7)6-12-9(14)10(2,3)4/h1,5-6H2,2-4H3,(H,11,13)(H,12,14). The van der Waals surface area contributed by atoms with Crippen LogP contribution in [-0.2, 0) is 4.79 Å². The molecule has 0 unspecified atom stereocenters. The van der Waals surface area contributed by atoms with Gasteiger partial charge >= 0.3 is 0 Å². The Balaban J connectivity index is 2.35. The molecule has 0 spiro atoms. The predicted molar refractivity (Wildman–Crippen MR) is 57.0 cm³/mol. The van der Waals surface area contributed by atoms with Crippen LogP contribution in [0.15, 0.2) is 17.3 Å². The summed E-state index contributed by atoms with van der Waals surface area (Å²) in [6.45, 7) is 10.4. The van der Waals surface area contributed by atoms with Gasteiger partial charge < -0.3 is 10.6 Å². The summed E-state index contributed by atoms with van der Waals surface area (Å²) in [4.78, 5) is 15.6. The Kier molecular flexibility index (Phi) is 2.93. The highest BCUT2D eigenvalue weighted by Crippen LogP contribution is 2.12. The third-order valence-corrected chi connectivity index (χ3v) is 1.88. The molecule has 4 heteroatoms. The lowest BCUT2D eigenvalue weighted by Gasteiger charge is -2.17. The van der Waals surface area contributed by atoms with Gasteiger partial charge in [0.25, 0.3) is 0 Å². The topological polar surface area (TPSA) is 53.5 Å². The SMILES string of the molecule is C=C1CN=C(CNC(=O)C(C)(C)C)N1. The molecule has 0 saturated heterocycles. The molecule has 4 nitrogen and oxygen atoms in total. The summed E-state index contributed by atoms with van der Waals surface area (Å²) < 4.78 is 0. The van der Waals surface area contributed by atoms with Gasteiger partial charge in [0.05, 0.1) is 13.1 Å². The molecule has 14 heavy (non-hydrogen) atoms. The van der Waals surface area contributed by atoms with Gasteiger partial charge in [0, 0.05) is 11.1 Å². The van der Waals surface area contributed by atoms with Gasteiger partial charge in [0.15, 0.2) is 0 Å². The zero-order valence-corrected chi connectivity index (χ0v) is 8.98. The minimum absolute atomic E-state index is 0.0273. The molecule has 0 fully saturated rings. The van der Waals surface area contributed by atoms with Crippen molar-refractivity contribution >= 4 is 11.7 Å². The Morgan fingerprint density at radius 3 is 2.71 bits per heavy atom. The molecule has 0 aromatic rings. The van der Waals surface area contributed by atoms with Crippen LogP contribution in [0.4, 0.5) is 0 Å². The van der Waals surface area contributed by atoms with Crippen molar-refractivity contribution in [1.29, 1.82) is 0 Å². The van der Waals surface area contributed by atoms with Crippen LogP contribution in [0, 0.1) is 5.41 Å². The van der Waals surface area contributed by atoms with Crippen molar-refractivity contribution < 1.29 is 4.79 Å². The first-order valence-electron chi connectivity index (χ1n) is 4.66. The first-order valence-corrected chi connectivity index (χ1v) is 4.66. The zero-order chi connectivity index (χ0) is 10.8. The van der Waals surface area contributed by atoms with E-state index in [0.717, 1.165) is 11.5 Å². The van der Waals surface area contributed by atoms with E-state index >= 15 is 0 Å². The number of aliphatic imine (C=N–C) groups is 1. The average Bonchev–Trinajstić information content (AvgIpc) is 2.45. The Labute approximate surface area is 84.5 Å². The molecule has 1 amide bonds. The molecule has 2 N–H and O–H groups in total. The second-order valence-corrected chi connectivity index (χ2v) is 4.42. The van der Waals surface area contributed by atoms with Gasteiger partial charge in [-0.05, 0) is 0 Å². The lowest BCUT2D eigenvalue weighted by atomic mass is 9.96. The van der Waals surface area contributed by atoms with Crippen LogP contribution in [-0.4, -0.2) is 24.8 Å². The van der Waals surface area contributed by atoms with E-state index in [0.29, 0.717) is 13.1 Å². The maximum Gasteiger partial charge on any atom is 0.225 e. The summed E-state index contributed by atoms with van der Waals surface area (Å²) in [7, 11) is 0. The molecule has 0 aliphatic carbocycles. The van der Waals surface area contributed by atoms with Crippen LogP contribution < -0.4 is 10.6 Å². The van der Waals surface area contributed by atoms with Crippen molar-refractivity contribution in [3.05, 3.63) is 12.3 Å². The Morgan fingerprint density at radius 1 is 1.64 bits per heavy atom. The monoisotopic (exact) mass is 195 g/mol. The summed E-state index contributed by atoms with van der Waals surface area (Å²) >= 11 is 0. The molecule has 1 aliphatic rings. The lowest BCUT2D eigenvalue weighted by molar-refractivity contribution is -0.128. The van der Waals surface area contributed by atoms with Gasteiger partial charge in [-0.15, -0.1) is 0 Å². The van der Waals surface area contributed by atoms with Crippen LogP contribution in [0.3, 0.4) is 0 Å². The predicted octanol–water partition coefficient (Wildman–Crippen LogP) is 0.664. The van der Waals surface area contributed by atoms with Crippen LogP contribution >= 0.6 is 0 Å². The van der Waals surface area contributed by atoms with Crippen LogP contribution in [0.2, 0.25) is 0 Å². The van der Waals surface area contributed by atoms with Crippen molar-refractivity contribution in [2.75, 3.05) is 13.1 Å². The Morgan fingerprint density at radius 2 is 2.29 bits per heavy atom. The highest BCUT2D eigenvalue weighted by Gasteiger charge is 2.21. The smallest absolute Gasteiger partial charge is 0.225 e. The summed E-state index contributed by atoms with van der Waals surface area (Å²) in [6, 6.07) is 0. The largest absolute Gasteiger partial charge is 0.348 e. The van der Waals surface area contributed by atoms with E-state index in [-0.39, 0.29) is 11.3 Å². The molecule has 0 atom stereocenters. The molecule has 1 rings (SSSR count). The fourth-order valence-electron chi connectivity index (χ4n) is 1.00. The van der Waals surface area contributed by atoms with Gasteiger partial charge in [-0.2, -0.15) is 0 Å². The van der Waals surface area contributed by atoms with Crippen molar-refractivity contribution in [3.63, 3.8) is 0 Å². The Hall–Kier alpha value is -1.32. The molecule has 1 heterocycles. The van der Waals surface area contributed by atoms with Crippen LogP contribution in [0.1, 0.15) is 20.8 Å². The molecule has 1 aliphatic heterocycles. The average molecular weight is 195 g/mol. The number of rotatable bonds is 2. The van der Waals surface area contributed by atoms with E-state index in [1.165, 1.54) is 0 Å². The van der Waals surface area contributed by atoms with Crippen LogP contribution in [0.25, 0.3) is 0 Å². The van der Waals surface area contributed by atoms with E-state index in [1.807, 2.05) is 20.8 Å². The number of carbonyl (C=O) groups excluding carboxylic acids is 1. The molecular weight excluding hydrogens is 178 g/mol. The van der Waals surface area contributed by atoms with Gasteiger partial charge in [0.2, 0.25) is 5.91 Å². The van der Waals surface area contributed by atoms with E-state index < -0.39 is 0 Å². The molecule has 0 aromatic carbocycles. The number of carbonyl (C=O) groups is 1. The normalized spacial score (nSPS) is 16.2. The molecule has 0 saturated carbocycles. The highest BCUT2D eigenvalue weighted by molar-refractivity contribution is 5.92. The Bertz CT molecular complexity index is 286. The number of nitrogens with one attached hydrogen (secondary N) is 2. The summed E-state index contributed by atoms with van der Waals surface area (Å²) in [5.74, 6) is 0.812. The van der Waals surface area contributed by atoms with E-state index in [4.69, 9.17) is 0 Å². The lowest BCUT2D eigenvalue weighted by Crippen LogP contribution is -2.40. The number of amidine groups is 1. The first-order chi connectivity index (χ1) is 6.39. The third kappa shape index (κ3) is 2.87. The van der Waals surface area contributed by atoms with Crippen molar-refractivity contribution in [2.24, 2.45) is 10.4 Å². The first kappa shape index (κ1) is 10.8. The maximum atomic E-state index is 11.5. The number of hydrogen-bond donors (Lipinski definition) is 2. The van der Waals surface area contributed by atoms with Crippen molar-refractivity contribution in [3.8, 4) is 0 Å². The molecule has 78 valence electrons. The van der Waals surface area contributed by atoms with Crippen molar-refractivity contribution in [2.45, 2.75) is 20.8 Å². The fourth-order valence-corrected chi connectivity index (χ4v) is 1.00. The second-order valence-electron chi connectivity index (χ2n) is 4.42. The van der Waals surface area contributed by atoms with Gasteiger partial charge in [-0.3, -0.25) is 9.79 Å². The van der Waals surface area contributed by atoms with Gasteiger partial charge in [0.1, 0.15) is 5.84 Å². The minimum atomic E-state index is -0.351. The summed E-state index contributed by atoms with van der Waals surface area (Å²) in [5.41, 5.74) is 0.529. The summed E-state index contributed by atoms with van der Waals surface area (Å²) in [5, 5.41) is 5.81. The van der Waals surface area contributed by atoms with E-state index in [9.17, 15) is 4.79 Å². The second kappa shape index (κ2) is 3.82. The highest BCUT2D eigenvalue weighted by atomic mass is 16.2. The molecule has 0 bridgehead atoms. The van der Waals surface area contributed by atoms with Gasteiger partial charge in [-0.1, -0.05) is 27.4 Å². The van der Waals surface area contributed by atoms with Crippen molar-refractivity contribution in [1.82, 2.24) is 10.6 Å². The minimum Gasteiger partial charge on any atom is -0.348 e. The molecule has 0 radical (unpaired) electrons. The molecular formula is C10H17N3O. The number of hydrogen-bond acceptors (Lipinski definition) is 3. The maximum absolute atomic E-state index is 11.5. The van der Waals surface area contributed by atoms with Gasteiger partial charge in [-0.25, -0.2) is 0 Å². The molecule has 0 aromatic heterocycles.